The molecule has 0 unspecified atom stereocenters. The predicted molar refractivity (Wildman–Crippen MR) is 84.6 cm³/mol. The average Bonchev–Trinajstić information content (AvgIpc) is 2.80. The van der Waals surface area contributed by atoms with E-state index in [9.17, 15) is 30.6 Å². The molecule has 0 aromatic carbocycles. The predicted octanol–water partition coefficient (Wildman–Crippen LogP) is -5.71. The molecule has 2 heterocycles. The number of aliphatic hydroxyl groups excluding tert-OH is 8. The van der Waals surface area contributed by atoms with Crippen LogP contribution < -0.4 is 0 Å². The molecule has 0 amide bonds. The monoisotopic (exact) mass is 410 g/mol. The van der Waals surface area contributed by atoms with Crippen molar-refractivity contribution < 1.29 is 60.8 Å². The second-order valence-corrected chi connectivity index (χ2v) is 5.56. The molecule has 0 aromatic rings. The number of ether oxygens (including phenoxy) is 3. The molecular weight excluding hydrogens is 385 g/mol. The van der Waals surface area contributed by atoms with Crippen LogP contribution in [-0.4, -0.2) is 176 Å². The molecular formula is C12H26CaMgO11. The summed E-state index contributed by atoms with van der Waals surface area (Å²) in [4.78, 5) is 0. The number of rotatable bonds is 5. The van der Waals surface area contributed by atoms with Gasteiger partial charge < -0.3 is 60.8 Å². The number of hydrogen-bond donors (Lipinski definition) is 8. The van der Waals surface area contributed by atoms with Crippen molar-refractivity contribution in [2.24, 2.45) is 0 Å². The molecule has 8 N–H and O–H groups in total. The van der Waals surface area contributed by atoms with Crippen molar-refractivity contribution in [3.05, 3.63) is 0 Å². The van der Waals surface area contributed by atoms with E-state index >= 15 is 0 Å². The van der Waals surface area contributed by atoms with Crippen molar-refractivity contribution in [3.8, 4) is 0 Å². The van der Waals surface area contributed by atoms with Crippen molar-refractivity contribution in [2.75, 3.05) is 19.8 Å². The van der Waals surface area contributed by atoms with Crippen LogP contribution in [0, 0.1) is 0 Å². The van der Waals surface area contributed by atoms with Crippen LogP contribution >= 0.6 is 0 Å². The Labute approximate surface area is 195 Å². The Morgan fingerprint density at radius 1 is 0.840 bits per heavy atom. The topological polar surface area (TPSA) is 190 Å². The van der Waals surface area contributed by atoms with E-state index in [0.717, 1.165) is 0 Å². The normalized spacial score (nSPS) is 47.0. The molecule has 0 aliphatic carbocycles. The summed E-state index contributed by atoms with van der Waals surface area (Å²) in [5, 5.41) is 76.7. The molecule has 2 fully saturated rings. The molecule has 2 aliphatic heterocycles. The molecule has 2 saturated heterocycles. The zero-order chi connectivity index (χ0) is 17.4. The van der Waals surface area contributed by atoms with Crippen LogP contribution in [0.2, 0.25) is 0 Å². The molecule has 0 spiro atoms. The van der Waals surface area contributed by atoms with Crippen LogP contribution in [0.3, 0.4) is 0 Å². The van der Waals surface area contributed by atoms with E-state index in [0.29, 0.717) is 0 Å². The van der Waals surface area contributed by atoms with E-state index in [1.807, 2.05) is 0 Å². The largest absolute Gasteiger partial charge is 2.00 e. The number of hydrogen-bond acceptors (Lipinski definition) is 11. The maximum absolute atomic E-state index is 10.00. The second-order valence-electron chi connectivity index (χ2n) is 5.56. The summed E-state index contributed by atoms with van der Waals surface area (Å²) in [6.07, 6.45) is -12.7. The Kier molecular flexibility index (Phi) is 11.6. The Hall–Kier alpha value is 1.59. The maximum atomic E-state index is 10.00. The van der Waals surface area contributed by atoms with E-state index in [4.69, 9.17) is 24.4 Å². The van der Waals surface area contributed by atoms with Gasteiger partial charge in [-0.2, -0.15) is 0 Å². The van der Waals surface area contributed by atoms with Gasteiger partial charge in [0, 0.05) is 0 Å². The van der Waals surface area contributed by atoms with Crippen molar-refractivity contribution in [2.45, 2.75) is 54.8 Å². The zero-order valence-electron chi connectivity index (χ0n) is 17.5. The van der Waals surface area contributed by atoms with Crippen LogP contribution in [0.1, 0.15) is 5.71 Å². The summed E-state index contributed by atoms with van der Waals surface area (Å²) in [6.45, 7) is -2.32. The van der Waals surface area contributed by atoms with Gasteiger partial charge in [0.25, 0.3) is 0 Å². The molecule has 0 saturated carbocycles. The third-order valence-corrected chi connectivity index (χ3v) is 4.07. The molecule has 2 rings (SSSR count). The molecule has 9 atom stereocenters. The standard InChI is InChI=1S/C12H22O11.Ca.Mg.4H/c13-1-4-6(16)8(18)9(19)11(21-4)23-12(3-15)10(20)7(17)5(2-14)22-12;;;;;;/h4-11,13-20H,1-3H2;;;;;;/q;2*+2;4*-1/t4-,5-,6-,7-,8+,9-,10+,11-,12+;;;;;;/m1....../s1. The Morgan fingerprint density at radius 3 is 1.84 bits per heavy atom. The van der Waals surface area contributed by atoms with Gasteiger partial charge in [-0.25, -0.2) is 0 Å². The number of aliphatic hydroxyl groups is 8. The SMILES string of the molecule is OC[C@H]1O[C@@](CO)(O[C@H]2O[C@H](CO)[C@@H](O)[C@H](O)[C@H]2O)[C@@H](O)[C@@H]1O.[Ca+2].[H-].[H-].[H-].[H-].[Mg+2]. The van der Waals surface area contributed by atoms with Gasteiger partial charge in [-0.15, -0.1) is 0 Å². The van der Waals surface area contributed by atoms with Crippen LogP contribution in [0.15, 0.2) is 0 Å². The smallest absolute Gasteiger partial charge is 1.00 e. The zero-order valence-corrected chi connectivity index (χ0v) is 17.1. The summed E-state index contributed by atoms with van der Waals surface area (Å²) in [7, 11) is 0. The van der Waals surface area contributed by atoms with Gasteiger partial charge >= 0.3 is 60.8 Å². The van der Waals surface area contributed by atoms with E-state index in [1.165, 1.54) is 0 Å². The molecule has 0 aromatic heterocycles. The first-order chi connectivity index (χ1) is 10.8. The van der Waals surface area contributed by atoms with Gasteiger partial charge in [0.05, 0.1) is 13.2 Å². The quantitative estimate of drug-likeness (QED) is 0.202. The first kappa shape index (κ1) is 26.6. The van der Waals surface area contributed by atoms with Crippen molar-refractivity contribution in [1.29, 1.82) is 0 Å². The molecule has 0 radical (unpaired) electrons. The molecule has 25 heavy (non-hydrogen) atoms. The van der Waals surface area contributed by atoms with E-state index < -0.39 is 74.6 Å². The van der Waals surface area contributed by atoms with Gasteiger partial charge in [0.15, 0.2) is 6.29 Å². The fraction of sp³-hybridized carbons (Fsp3) is 1.00. The maximum Gasteiger partial charge on any atom is 2.00 e. The fourth-order valence-corrected chi connectivity index (χ4v) is 2.63. The van der Waals surface area contributed by atoms with Gasteiger partial charge in [-0.1, -0.05) is 0 Å². The molecule has 11 nitrogen and oxygen atoms in total. The summed E-state index contributed by atoms with van der Waals surface area (Å²) < 4.78 is 15.4. The minimum absolute atomic E-state index is 0. The fourth-order valence-electron chi connectivity index (χ4n) is 2.63. The van der Waals surface area contributed by atoms with Crippen molar-refractivity contribution in [3.63, 3.8) is 0 Å². The Balaban J connectivity index is -0.000000320. The van der Waals surface area contributed by atoms with E-state index in [2.05, 4.69) is 0 Å². The van der Waals surface area contributed by atoms with E-state index in [-0.39, 0.29) is 66.5 Å². The van der Waals surface area contributed by atoms with Gasteiger partial charge in [0.1, 0.15) is 49.3 Å². The molecule has 2 aliphatic rings. The Bertz CT molecular complexity index is 422. The average molecular weight is 411 g/mol. The molecule has 144 valence electrons. The first-order valence-corrected chi connectivity index (χ1v) is 7.05. The second kappa shape index (κ2) is 10.9. The summed E-state index contributed by atoms with van der Waals surface area (Å²) in [5.74, 6) is -2.22. The summed E-state index contributed by atoms with van der Waals surface area (Å²) in [6, 6.07) is 0. The third kappa shape index (κ3) is 5.15. The van der Waals surface area contributed by atoms with Crippen molar-refractivity contribution in [1.82, 2.24) is 0 Å². The summed E-state index contributed by atoms with van der Waals surface area (Å²) >= 11 is 0. The molecule has 0 bridgehead atoms. The third-order valence-electron chi connectivity index (χ3n) is 4.07. The minimum atomic E-state index is -2.22. The van der Waals surface area contributed by atoms with E-state index in [1.54, 1.807) is 0 Å². The van der Waals surface area contributed by atoms with Gasteiger partial charge in [-0.3, -0.25) is 0 Å². The van der Waals surface area contributed by atoms with Crippen LogP contribution in [0.4, 0.5) is 0 Å². The van der Waals surface area contributed by atoms with Crippen LogP contribution in [-0.2, 0) is 14.2 Å². The minimum Gasteiger partial charge on any atom is -1.00 e. The Morgan fingerprint density at radius 2 is 1.40 bits per heavy atom. The van der Waals surface area contributed by atoms with Crippen molar-refractivity contribution >= 4 is 60.8 Å². The summed E-state index contributed by atoms with van der Waals surface area (Å²) in [5.41, 5.74) is 0. The van der Waals surface area contributed by atoms with Crippen LogP contribution in [0.25, 0.3) is 0 Å². The van der Waals surface area contributed by atoms with Crippen LogP contribution in [0.5, 0.6) is 0 Å². The first-order valence-electron chi connectivity index (χ1n) is 7.05. The molecule has 13 heteroatoms. The van der Waals surface area contributed by atoms with Gasteiger partial charge in [0.2, 0.25) is 5.79 Å². The van der Waals surface area contributed by atoms with Gasteiger partial charge in [-0.05, 0) is 0 Å².